The summed E-state index contributed by atoms with van der Waals surface area (Å²) in [6, 6.07) is 18.1. The Morgan fingerprint density at radius 1 is 1.00 bits per heavy atom. The topological polar surface area (TPSA) is 90.9 Å². The maximum Gasteiger partial charge on any atom is 0.308 e. The van der Waals surface area contributed by atoms with E-state index in [1.54, 1.807) is 25.3 Å². The second-order valence-electron chi connectivity index (χ2n) is 7.38. The number of hydrogen-bond acceptors (Lipinski definition) is 7. The van der Waals surface area contributed by atoms with Crippen molar-refractivity contribution in [3.63, 3.8) is 0 Å². The molecule has 170 valence electrons. The zero-order valence-electron chi connectivity index (χ0n) is 18.3. The first kappa shape index (κ1) is 21.5. The molecule has 0 fully saturated rings. The zero-order chi connectivity index (χ0) is 23.7. The molecule has 1 N–H and O–H groups in total. The number of esters is 1. The van der Waals surface area contributed by atoms with Crippen LogP contribution in [0.25, 0.3) is 32.5 Å². The van der Waals surface area contributed by atoms with Gasteiger partial charge >= 0.3 is 5.97 Å². The summed E-state index contributed by atoms with van der Waals surface area (Å²) >= 11 is 1.48. The molecule has 0 atom stereocenters. The number of nitrogens with one attached hydrogen (secondary N) is 1. The van der Waals surface area contributed by atoms with E-state index in [-0.39, 0.29) is 11.6 Å². The number of ether oxygens (including phenoxy) is 2. The van der Waals surface area contributed by atoms with E-state index in [2.05, 4.69) is 5.32 Å². The monoisotopic (exact) mass is 473 g/mol. The van der Waals surface area contributed by atoms with E-state index >= 15 is 0 Å². The van der Waals surface area contributed by atoms with Crippen molar-refractivity contribution in [1.82, 2.24) is 0 Å². The molecule has 5 rings (SSSR count). The van der Waals surface area contributed by atoms with Crippen LogP contribution >= 0.6 is 11.3 Å². The Kier molecular flexibility index (Phi) is 5.65. The molecule has 0 radical (unpaired) electrons. The van der Waals surface area contributed by atoms with E-state index < -0.39 is 11.9 Å². The summed E-state index contributed by atoms with van der Waals surface area (Å²) in [5.41, 5.74) is 2.75. The van der Waals surface area contributed by atoms with Crippen molar-refractivity contribution in [2.24, 2.45) is 0 Å². The summed E-state index contributed by atoms with van der Waals surface area (Å²) in [5, 5.41) is 5.30. The van der Waals surface area contributed by atoms with E-state index in [0.29, 0.717) is 22.3 Å². The minimum absolute atomic E-state index is 0.150. The molecule has 0 aliphatic rings. The van der Waals surface area contributed by atoms with E-state index in [9.17, 15) is 9.59 Å². The SMILES string of the molecule is COc1ccc(-c2cc(OC(C)=O)c3c(-c4cccs4)c(NC(=O)c4ccco4)oc3c2)cc1. The van der Waals surface area contributed by atoms with Crippen LogP contribution in [-0.4, -0.2) is 19.0 Å². The van der Waals surface area contributed by atoms with Crippen molar-refractivity contribution >= 4 is 40.1 Å². The summed E-state index contributed by atoms with van der Waals surface area (Å²) in [6.07, 6.45) is 1.42. The molecule has 0 unspecified atom stereocenters. The Balaban J connectivity index is 1.71. The zero-order valence-corrected chi connectivity index (χ0v) is 19.1. The van der Waals surface area contributed by atoms with Gasteiger partial charge < -0.3 is 18.3 Å². The van der Waals surface area contributed by atoms with Gasteiger partial charge in [0.05, 0.1) is 24.3 Å². The maximum absolute atomic E-state index is 12.7. The molecule has 0 saturated carbocycles. The lowest BCUT2D eigenvalue weighted by molar-refractivity contribution is -0.131. The van der Waals surface area contributed by atoms with Crippen molar-refractivity contribution in [3.8, 4) is 33.1 Å². The van der Waals surface area contributed by atoms with Gasteiger partial charge in [-0.05, 0) is 59.0 Å². The summed E-state index contributed by atoms with van der Waals surface area (Å²) in [7, 11) is 1.60. The number of benzene rings is 2. The first-order chi connectivity index (χ1) is 16.5. The standard InChI is InChI=1S/C26H19NO6S/c1-15(28)32-20-13-17(16-7-9-18(30-2)10-8-16)14-21-23(20)24(22-6-4-12-34-22)26(33-21)27-25(29)19-5-3-11-31-19/h3-14H,1-2H3,(H,27,29). The average molecular weight is 474 g/mol. The van der Waals surface area contributed by atoms with Crippen LogP contribution < -0.4 is 14.8 Å². The number of fused-ring (bicyclic) bond motifs is 1. The number of amides is 1. The van der Waals surface area contributed by atoms with Crippen LogP contribution in [0, 0.1) is 0 Å². The normalized spacial score (nSPS) is 10.9. The number of carbonyl (C=O) groups excluding carboxylic acids is 2. The van der Waals surface area contributed by atoms with Crippen LogP contribution in [0.3, 0.4) is 0 Å². The Morgan fingerprint density at radius 3 is 2.47 bits per heavy atom. The highest BCUT2D eigenvalue weighted by molar-refractivity contribution is 7.13. The number of methoxy groups -OCH3 is 1. The van der Waals surface area contributed by atoms with Crippen LogP contribution in [0.4, 0.5) is 5.88 Å². The molecule has 3 aromatic heterocycles. The highest BCUT2D eigenvalue weighted by Crippen LogP contribution is 2.46. The molecular weight excluding hydrogens is 454 g/mol. The quantitative estimate of drug-likeness (QED) is 0.220. The third-order valence-corrected chi connectivity index (χ3v) is 6.06. The minimum Gasteiger partial charge on any atom is -0.497 e. The summed E-state index contributed by atoms with van der Waals surface area (Å²) < 4.78 is 22.2. The molecule has 7 nitrogen and oxygen atoms in total. The van der Waals surface area contributed by atoms with Crippen LogP contribution in [0.15, 0.2) is 81.1 Å². The fourth-order valence-corrected chi connectivity index (χ4v) is 4.47. The predicted octanol–water partition coefficient (Wildman–Crippen LogP) is 6.61. The van der Waals surface area contributed by atoms with Crippen LogP contribution in [-0.2, 0) is 4.79 Å². The largest absolute Gasteiger partial charge is 0.497 e. The van der Waals surface area contributed by atoms with Crippen molar-refractivity contribution < 1.29 is 27.9 Å². The number of thiophene rings is 1. The molecule has 0 saturated heterocycles. The highest BCUT2D eigenvalue weighted by Gasteiger charge is 2.25. The Bertz CT molecular complexity index is 1460. The molecule has 1 amide bonds. The Morgan fingerprint density at radius 2 is 1.82 bits per heavy atom. The average Bonchev–Trinajstić information content (AvgIpc) is 3.59. The van der Waals surface area contributed by atoms with Gasteiger partial charge in [-0.15, -0.1) is 11.3 Å². The number of carbonyl (C=O) groups is 2. The lowest BCUT2D eigenvalue weighted by Gasteiger charge is -2.09. The molecule has 0 bridgehead atoms. The molecule has 0 aliphatic carbocycles. The van der Waals surface area contributed by atoms with Crippen LogP contribution in [0.5, 0.6) is 11.5 Å². The van der Waals surface area contributed by atoms with E-state index in [0.717, 1.165) is 21.8 Å². The van der Waals surface area contributed by atoms with Crippen molar-refractivity contribution in [2.75, 3.05) is 12.4 Å². The Labute approximate surface area is 198 Å². The first-order valence-electron chi connectivity index (χ1n) is 10.4. The first-order valence-corrected chi connectivity index (χ1v) is 11.2. The third-order valence-electron chi connectivity index (χ3n) is 5.17. The van der Waals surface area contributed by atoms with Crippen LogP contribution in [0.1, 0.15) is 17.5 Å². The molecule has 8 heteroatoms. The van der Waals surface area contributed by atoms with Gasteiger partial charge in [-0.2, -0.15) is 0 Å². The van der Waals surface area contributed by atoms with Gasteiger partial charge in [0, 0.05) is 11.8 Å². The van der Waals surface area contributed by atoms with Gasteiger partial charge in [-0.25, -0.2) is 0 Å². The molecule has 0 spiro atoms. The number of hydrogen-bond donors (Lipinski definition) is 1. The minimum atomic E-state index is -0.465. The van der Waals surface area contributed by atoms with Crippen LogP contribution in [0.2, 0.25) is 0 Å². The molecule has 34 heavy (non-hydrogen) atoms. The predicted molar refractivity (Wildman–Crippen MR) is 129 cm³/mol. The fraction of sp³-hybridized carbons (Fsp3) is 0.0769. The van der Waals surface area contributed by atoms with Gasteiger partial charge in [0.25, 0.3) is 5.91 Å². The van der Waals surface area contributed by atoms with Gasteiger partial charge in [0.2, 0.25) is 5.88 Å². The molecule has 0 aliphatic heterocycles. The number of anilines is 1. The van der Waals surface area contributed by atoms with Gasteiger partial charge in [0.15, 0.2) is 5.76 Å². The van der Waals surface area contributed by atoms with Crippen molar-refractivity contribution in [2.45, 2.75) is 6.92 Å². The van der Waals surface area contributed by atoms with E-state index in [1.807, 2.05) is 47.8 Å². The molecular formula is C26H19NO6S. The van der Waals surface area contributed by atoms with E-state index in [4.69, 9.17) is 18.3 Å². The summed E-state index contributed by atoms with van der Waals surface area (Å²) in [5.74, 6) is 0.530. The Hall–Kier alpha value is -4.30. The third kappa shape index (κ3) is 4.06. The van der Waals surface area contributed by atoms with Crippen molar-refractivity contribution in [1.29, 1.82) is 0 Å². The fourth-order valence-electron chi connectivity index (χ4n) is 3.69. The number of rotatable bonds is 6. The maximum atomic E-state index is 12.7. The van der Waals surface area contributed by atoms with Crippen molar-refractivity contribution in [3.05, 3.63) is 78.1 Å². The lowest BCUT2D eigenvalue weighted by Crippen LogP contribution is -2.10. The summed E-state index contributed by atoms with van der Waals surface area (Å²) in [6.45, 7) is 1.34. The van der Waals surface area contributed by atoms with Gasteiger partial charge in [-0.1, -0.05) is 18.2 Å². The smallest absolute Gasteiger partial charge is 0.308 e. The summed E-state index contributed by atoms with van der Waals surface area (Å²) in [4.78, 5) is 25.6. The number of furan rings is 2. The van der Waals surface area contributed by atoms with Gasteiger partial charge in [-0.3, -0.25) is 14.9 Å². The second kappa shape index (κ2) is 8.92. The lowest BCUT2D eigenvalue weighted by atomic mass is 10.0. The second-order valence-corrected chi connectivity index (χ2v) is 8.33. The van der Waals surface area contributed by atoms with Gasteiger partial charge in [0.1, 0.15) is 17.1 Å². The molecule has 5 aromatic rings. The molecule has 2 aromatic carbocycles. The molecule has 3 heterocycles. The van der Waals surface area contributed by atoms with E-state index in [1.165, 1.54) is 24.5 Å². The highest BCUT2D eigenvalue weighted by atomic mass is 32.1.